The van der Waals surface area contributed by atoms with Gasteiger partial charge in [0.2, 0.25) is 0 Å². The van der Waals surface area contributed by atoms with Crippen LogP contribution in [0.25, 0.3) is 5.57 Å². The predicted molar refractivity (Wildman–Crippen MR) is 164 cm³/mol. The number of halogens is 11. The fourth-order valence-electron chi connectivity index (χ4n) is 3.14. The van der Waals surface area contributed by atoms with Crippen LogP contribution >= 0.6 is 58.0 Å². The number of nitrogens with zero attached hydrogens (tertiary/aromatic N) is 2. The summed E-state index contributed by atoms with van der Waals surface area (Å²) in [6.45, 7) is 6.32. The maximum Gasteiger partial charge on any atom is 0.435 e. The van der Waals surface area contributed by atoms with E-state index in [0.29, 0.717) is 0 Å². The first-order valence-electron chi connectivity index (χ1n) is 11.9. The van der Waals surface area contributed by atoms with E-state index >= 15 is 0 Å². The summed E-state index contributed by atoms with van der Waals surface area (Å²) in [6.07, 6.45) is -10.1. The van der Waals surface area contributed by atoms with Crippen LogP contribution in [-0.2, 0) is 29.5 Å². The number of alkyl halides is 6. The molecule has 0 aliphatic carbocycles. The largest absolute Gasteiger partial charge is 0.461 e. The van der Waals surface area contributed by atoms with E-state index in [9.17, 15) is 35.9 Å². The van der Waals surface area contributed by atoms with Crippen molar-refractivity contribution in [2.24, 2.45) is 10.3 Å². The van der Waals surface area contributed by atoms with Crippen molar-refractivity contribution in [1.82, 2.24) is 0 Å². The Morgan fingerprint density at radius 3 is 1.78 bits per heavy atom. The lowest BCUT2D eigenvalue weighted by molar-refractivity contribution is -0.275. The zero-order valence-corrected chi connectivity index (χ0v) is 26.6. The Morgan fingerprint density at radius 1 is 0.935 bits per heavy atom. The van der Waals surface area contributed by atoms with Crippen molar-refractivity contribution in [2.45, 2.75) is 45.6 Å². The van der Waals surface area contributed by atoms with Crippen molar-refractivity contribution < 1.29 is 55.5 Å². The summed E-state index contributed by atoms with van der Waals surface area (Å²) in [4.78, 5) is 26.5. The third-order valence-corrected chi connectivity index (χ3v) is 6.21. The molecule has 1 aliphatic rings. The molecule has 2 aromatic rings. The second kappa shape index (κ2) is 18.4. The number of hydrogen-bond acceptors (Lipinski definition) is 8. The van der Waals surface area contributed by atoms with Crippen molar-refractivity contribution >= 4 is 86.4 Å². The number of benzene rings is 2. The van der Waals surface area contributed by atoms with Gasteiger partial charge in [0.05, 0.1) is 25.2 Å². The van der Waals surface area contributed by atoms with Gasteiger partial charge in [0.1, 0.15) is 0 Å². The Hall–Kier alpha value is -2.91. The molecule has 0 amide bonds. The minimum atomic E-state index is -4.83. The number of carbonyl (C=O) groups excluding carboxylic acids is 2. The van der Waals surface area contributed by atoms with Crippen LogP contribution < -0.4 is 0 Å². The summed E-state index contributed by atoms with van der Waals surface area (Å²) in [7, 11) is 0. The normalized spacial score (nSPS) is 15.8. The Balaban J connectivity index is 0.000000725. The zero-order chi connectivity index (χ0) is 34.8. The van der Waals surface area contributed by atoms with E-state index in [-0.39, 0.29) is 51.9 Å². The van der Waals surface area contributed by atoms with Crippen LogP contribution in [0.5, 0.6) is 0 Å². The minimum Gasteiger partial charge on any atom is -0.461 e. The van der Waals surface area contributed by atoms with Crippen molar-refractivity contribution in [3.8, 4) is 0 Å². The van der Waals surface area contributed by atoms with Gasteiger partial charge >= 0.3 is 24.3 Å². The molecule has 0 fully saturated rings. The van der Waals surface area contributed by atoms with Gasteiger partial charge in [-0.05, 0) is 55.8 Å². The van der Waals surface area contributed by atoms with E-state index < -0.39 is 52.8 Å². The molecular weight excluding hydrogens is 740 g/mol. The monoisotopic (exact) mass is 762 g/mol. The number of carbonyl (C=O) groups is 2. The third kappa shape index (κ3) is 12.4. The molecule has 1 N–H and O–H groups in total. The first-order chi connectivity index (χ1) is 20.7. The molecule has 8 nitrogen and oxygen atoms in total. The SMILES string of the molecule is C.C=C(c1cc(Cl)cc(Cl)c1)C(F)(F)F.CCOC(=O)/C(Cl)=N/O.CCOC(=O)C1=NOC(c2cc(Cl)cc(Cl)c2)(C(F)(F)F)C1. The number of esters is 2. The van der Waals surface area contributed by atoms with Crippen LogP contribution in [0.15, 0.2) is 53.3 Å². The first kappa shape index (κ1) is 43.1. The molecule has 0 aromatic heterocycles. The topological polar surface area (TPSA) is 107 Å². The van der Waals surface area contributed by atoms with Crippen LogP contribution in [0.2, 0.25) is 20.1 Å². The maximum absolute atomic E-state index is 13.6. The van der Waals surface area contributed by atoms with E-state index in [0.717, 1.165) is 12.1 Å². The molecule has 0 saturated carbocycles. The molecule has 3 rings (SSSR count). The Bertz CT molecular complexity index is 1410. The molecule has 0 saturated heterocycles. The van der Waals surface area contributed by atoms with Gasteiger partial charge in [-0.25, -0.2) is 9.59 Å². The molecule has 1 atom stereocenters. The maximum atomic E-state index is 13.6. The highest BCUT2D eigenvalue weighted by Crippen LogP contribution is 2.49. The summed E-state index contributed by atoms with van der Waals surface area (Å²) in [5, 5.41) is 13.3. The molecule has 1 unspecified atom stereocenters. The van der Waals surface area contributed by atoms with E-state index in [1.54, 1.807) is 6.92 Å². The molecule has 1 heterocycles. The summed E-state index contributed by atoms with van der Waals surface area (Å²) in [5.74, 6) is -1.77. The average Bonchev–Trinajstić information content (AvgIpc) is 3.39. The number of allylic oxidation sites excluding steroid dienone is 1. The fourth-order valence-corrected chi connectivity index (χ4v) is 4.24. The lowest BCUT2D eigenvalue weighted by Crippen LogP contribution is -2.43. The smallest absolute Gasteiger partial charge is 0.435 e. The van der Waals surface area contributed by atoms with Crippen LogP contribution in [0.4, 0.5) is 26.3 Å². The molecule has 0 spiro atoms. The second-order valence-electron chi connectivity index (χ2n) is 8.26. The summed E-state index contributed by atoms with van der Waals surface area (Å²) < 4.78 is 86.3. The van der Waals surface area contributed by atoms with Gasteiger partial charge in [0.25, 0.3) is 10.8 Å². The number of hydrogen-bond donors (Lipinski definition) is 1. The lowest BCUT2D eigenvalue weighted by atomic mass is 9.88. The molecule has 0 radical (unpaired) electrons. The lowest BCUT2D eigenvalue weighted by Gasteiger charge is -2.29. The minimum absolute atomic E-state index is 0. The standard InChI is InChI=1S/C13H10Cl2F3NO3.C9H5Cl2F3.C4H6ClNO3.CH4/c1-2-21-11(20)10-6-12(22-19-10,13(16,17)18)7-3-8(14)5-9(15)4-7;1-5(9(12,13)14)6-2-7(10)4-8(11)3-6;1-2-9-4(7)3(5)6-8;/h3-5H,2,6H2,1H3;2-4H,1H2;8H,2H2,1H3;1H4/b;;6-3-;. The van der Waals surface area contributed by atoms with E-state index in [2.05, 4.69) is 31.2 Å². The van der Waals surface area contributed by atoms with Crippen molar-refractivity contribution in [3.63, 3.8) is 0 Å². The van der Waals surface area contributed by atoms with Gasteiger partial charge < -0.3 is 19.5 Å². The highest BCUT2D eigenvalue weighted by molar-refractivity contribution is 6.81. The predicted octanol–water partition coefficient (Wildman–Crippen LogP) is 9.87. The third-order valence-electron chi connectivity index (χ3n) is 5.11. The van der Waals surface area contributed by atoms with Gasteiger partial charge in [0, 0.05) is 25.7 Å². The van der Waals surface area contributed by atoms with E-state index in [1.165, 1.54) is 31.2 Å². The molecule has 2 aromatic carbocycles. The highest BCUT2D eigenvalue weighted by Gasteiger charge is 2.63. The van der Waals surface area contributed by atoms with E-state index in [4.69, 9.17) is 63.2 Å². The van der Waals surface area contributed by atoms with Gasteiger partial charge in [-0.15, -0.1) is 0 Å². The second-order valence-corrected chi connectivity index (χ2v) is 10.4. The van der Waals surface area contributed by atoms with Crippen LogP contribution in [0.3, 0.4) is 0 Å². The van der Waals surface area contributed by atoms with Crippen LogP contribution in [0.1, 0.15) is 38.8 Å². The number of oxime groups is 2. The first-order valence-corrected chi connectivity index (χ1v) is 13.8. The number of ether oxygens (including phenoxy) is 2. The van der Waals surface area contributed by atoms with Crippen molar-refractivity contribution in [1.29, 1.82) is 0 Å². The Kier molecular flexibility index (Phi) is 17.3. The fraction of sp³-hybridized carbons (Fsp3) is 0.333. The van der Waals surface area contributed by atoms with Crippen LogP contribution in [-0.4, -0.2) is 53.6 Å². The summed E-state index contributed by atoms with van der Waals surface area (Å²) in [6, 6.07) is 7.14. The van der Waals surface area contributed by atoms with Gasteiger partial charge in [0.15, 0.2) is 5.71 Å². The quantitative estimate of drug-likeness (QED) is 0.103. The summed E-state index contributed by atoms with van der Waals surface area (Å²) in [5.41, 5.74) is -4.67. The Labute approximate surface area is 284 Å². The van der Waals surface area contributed by atoms with E-state index in [1.807, 2.05) is 0 Å². The van der Waals surface area contributed by atoms with Gasteiger partial charge in [-0.2, -0.15) is 26.3 Å². The van der Waals surface area contributed by atoms with Gasteiger partial charge in [-0.1, -0.05) is 82.3 Å². The van der Waals surface area contributed by atoms with Gasteiger partial charge in [-0.3, -0.25) is 0 Å². The summed E-state index contributed by atoms with van der Waals surface area (Å²) >= 11 is 27.6. The molecule has 0 bridgehead atoms. The Morgan fingerprint density at radius 2 is 1.39 bits per heavy atom. The molecule has 46 heavy (non-hydrogen) atoms. The zero-order valence-electron chi connectivity index (χ0n) is 22.8. The molecular formula is C27H25Cl5F6N2O6. The van der Waals surface area contributed by atoms with Crippen LogP contribution in [0, 0.1) is 0 Å². The number of rotatable bonds is 6. The average molecular weight is 765 g/mol. The molecule has 19 heteroatoms. The van der Waals surface area contributed by atoms with Crippen molar-refractivity contribution in [3.05, 3.63) is 74.2 Å². The van der Waals surface area contributed by atoms with Crippen molar-refractivity contribution in [2.75, 3.05) is 13.2 Å². The molecule has 1 aliphatic heterocycles. The molecule has 256 valence electrons. The highest BCUT2D eigenvalue weighted by atomic mass is 35.5.